The molecule has 0 atom stereocenters. The van der Waals surface area contributed by atoms with Crippen LogP contribution in [0, 0.1) is 0 Å². The van der Waals surface area contributed by atoms with Gasteiger partial charge in [0.05, 0.1) is 18.6 Å². The molecule has 0 saturated carbocycles. The molecule has 0 fully saturated rings. The van der Waals surface area contributed by atoms with E-state index in [2.05, 4.69) is 26.2 Å². The van der Waals surface area contributed by atoms with Gasteiger partial charge in [-0.2, -0.15) is 0 Å². The van der Waals surface area contributed by atoms with Crippen molar-refractivity contribution in [2.75, 3.05) is 18.2 Å². The summed E-state index contributed by atoms with van der Waals surface area (Å²) in [5.41, 5.74) is 2.74. The van der Waals surface area contributed by atoms with E-state index in [1.807, 2.05) is 53.9 Å². The van der Waals surface area contributed by atoms with E-state index in [0.717, 1.165) is 31.5 Å². The van der Waals surface area contributed by atoms with Crippen LogP contribution in [0.3, 0.4) is 0 Å². The first-order valence-corrected chi connectivity index (χ1v) is 10.1. The van der Waals surface area contributed by atoms with E-state index >= 15 is 0 Å². The molecule has 0 unspecified atom stereocenters. The number of rotatable bonds is 6. The second-order valence-corrected chi connectivity index (χ2v) is 8.07. The SMILES string of the molecule is COc1ccc(NC(=O)CSc2nc(-c3ccc(Br)cc3)cs2)cc1. The van der Waals surface area contributed by atoms with Gasteiger partial charge in [-0.25, -0.2) is 4.98 Å². The number of amides is 1. The highest BCUT2D eigenvalue weighted by atomic mass is 79.9. The Bertz CT molecular complexity index is 848. The molecular formula is C18H15BrN2O2S2. The molecule has 4 nitrogen and oxygen atoms in total. The van der Waals surface area contributed by atoms with Crippen LogP contribution in [-0.2, 0) is 4.79 Å². The lowest BCUT2D eigenvalue weighted by atomic mass is 10.2. The van der Waals surface area contributed by atoms with Crippen LogP contribution >= 0.6 is 39.0 Å². The van der Waals surface area contributed by atoms with Crippen LogP contribution in [-0.4, -0.2) is 23.8 Å². The fraction of sp³-hybridized carbons (Fsp3) is 0.111. The Balaban J connectivity index is 1.54. The maximum Gasteiger partial charge on any atom is 0.234 e. The molecule has 3 rings (SSSR count). The molecule has 1 heterocycles. The number of thiazole rings is 1. The van der Waals surface area contributed by atoms with Gasteiger partial charge in [-0.05, 0) is 36.4 Å². The third-order valence-corrected chi connectivity index (χ3v) is 5.87. The Hall–Kier alpha value is -1.83. The van der Waals surface area contributed by atoms with Crippen molar-refractivity contribution in [1.82, 2.24) is 4.98 Å². The first-order valence-electron chi connectivity index (χ1n) is 7.42. The van der Waals surface area contributed by atoms with Crippen molar-refractivity contribution in [2.24, 2.45) is 0 Å². The highest BCUT2D eigenvalue weighted by Gasteiger charge is 2.08. The molecule has 0 aliphatic carbocycles. The second-order valence-electron chi connectivity index (χ2n) is 5.07. The summed E-state index contributed by atoms with van der Waals surface area (Å²) >= 11 is 6.41. The van der Waals surface area contributed by atoms with Crippen LogP contribution in [0.25, 0.3) is 11.3 Å². The van der Waals surface area contributed by atoms with Gasteiger partial charge in [0, 0.05) is 21.1 Å². The molecule has 0 saturated heterocycles. The number of nitrogens with one attached hydrogen (secondary N) is 1. The van der Waals surface area contributed by atoms with Crippen LogP contribution in [0.5, 0.6) is 5.75 Å². The number of ether oxygens (including phenoxy) is 1. The highest BCUT2D eigenvalue weighted by molar-refractivity contribution is 9.10. The molecule has 0 radical (unpaired) electrons. The smallest absolute Gasteiger partial charge is 0.234 e. The van der Waals surface area contributed by atoms with Gasteiger partial charge < -0.3 is 10.1 Å². The van der Waals surface area contributed by atoms with E-state index in [4.69, 9.17) is 4.74 Å². The summed E-state index contributed by atoms with van der Waals surface area (Å²) in [6.45, 7) is 0. The van der Waals surface area contributed by atoms with Crippen molar-refractivity contribution in [3.05, 3.63) is 58.4 Å². The quantitative estimate of drug-likeness (QED) is 0.533. The number of nitrogens with zero attached hydrogens (tertiary/aromatic N) is 1. The van der Waals surface area contributed by atoms with Gasteiger partial charge in [0.15, 0.2) is 4.34 Å². The number of methoxy groups -OCH3 is 1. The van der Waals surface area contributed by atoms with Crippen LogP contribution in [0.2, 0.25) is 0 Å². The zero-order valence-electron chi connectivity index (χ0n) is 13.4. The number of carbonyl (C=O) groups is 1. The summed E-state index contributed by atoms with van der Waals surface area (Å²) < 4.78 is 7.01. The van der Waals surface area contributed by atoms with Crippen molar-refractivity contribution in [3.8, 4) is 17.0 Å². The van der Waals surface area contributed by atoms with E-state index in [9.17, 15) is 4.79 Å². The van der Waals surface area contributed by atoms with Crippen molar-refractivity contribution < 1.29 is 9.53 Å². The lowest BCUT2D eigenvalue weighted by Gasteiger charge is -2.05. The fourth-order valence-electron chi connectivity index (χ4n) is 2.08. The minimum atomic E-state index is -0.0597. The van der Waals surface area contributed by atoms with Gasteiger partial charge in [-0.15, -0.1) is 11.3 Å². The second kappa shape index (κ2) is 8.51. The minimum Gasteiger partial charge on any atom is -0.497 e. The summed E-state index contributed by atoms with van der Waals surface area (Å²) in [4.78, 5) is 16.6. The van der Waals surface area contributed by atoms with Crippen molar-refractivity contribution in [1.29, 1.82) is 0 Å². The summed E-state index contributed by atoms with van der Waals surface area (Å²) in [5.74, 6) is 1.02. The number of aromatic nitrogens is 1. The third-order valence-electron chi connectivity index (χ3n) is 3.32. The number of hydrogen-bond donors (Lipinski definition) is 1. The Morgan fingerprint density at radius 3 is 2.60 bits per heavy atom. The average molecular weight is 435 g/mol. The Morgan fingerprint density at radius 1 is 1.20 bits per heavy atom. The van der Waals surface area contributed by atoms with E-state index in [1.54, 1.807) is 18.4 Å². The maximum atomic E-state index is 12.1. The van der Waals surface area contributed by atoms with Gasteiger partial charge in [-0.1, -0.05) is 39.8 Å². The largest absolute Gasteiger partial charge is 0.497 e. The molecule has 1 N–H and O–H groups in total. The fourth-order valence-corrected chi connectivity index (χ4v) is 3.98. The Kier molecular flexibility index (Phi) is 6.12. The van der Waals surface area contributed by atoms with Gasteiger partial charge in [0.25, 0.3) is 0 Å². The number of thioether (sulfide) groups is 1. The lowest BCUT2D eigenvalue weighted by molar-refractivity contribution is -0.113. The zero-order chi connectivity index (χ0) is 17.6. The molecular weight excluding hydrogens is 420 g/mol. The molecule has 128 valence electrons. The predicted octanol–water partition coefficient (Wildman–Crippen LogP) is 5.31. The molecule has 2 aromatic carbocycles. The average Bonchev–Trinajstić information content (AvgIpc) is 3.10. The number of halogens is 1. The van der Waals surface area contributed by atoms with Gasteiger partial charge in [0.2, 0.25) is 5.91 Å². The topological polar surface area (TPSA) is 51.2 Å². The molecule has 1 amide bonds. The van der Waals surface area contributed by atoms with Gasteiger partial charge in [0.1, 0.15) is 5.75 Å². The first-order chi connectivity index (χ1) is 12.1. The van der Waals surface area contributed by atoms with Gasteiger partial charge >= 0.3 is 0 Å². The molecule has 0 bridgehead atoms. The molecule has 0 spiro atoms. The van der Waals surface area contributed by atoms with E-state index < -0.39 is 0 Å². The van der Waals surface area contributed by atoms with Crippen LogP contribution in [0.4, 0.5) is 5.69 Å². The van der Waals surface area contributed by atoms with Crippen molar-refractivity contribution in [3.63, 3.8) is 0 Å². The molecule has 25 heavy (non-hydrogen) atoms. The normalized spacial score (nSPS) is 10.5. The summed E-state index contributed by atoms with van der Waals surface area (Å²) in [6, 6.07) is 15.3. The Morgan fingerprint density at radius 2 is 1.92 bits per heavy atom. The summed E-state index contributed by atoms with van der Waals surface area (Å²) in [6.07, 6.45) is 0. The van der Waals surface area contributed by atoms with Crippen LogP contribution in [0.15, 0.2) is 62.7 Å². The lowest BCUT2D eigenvalue weighted by Crippen LogP contribution is -2.13. The number of hydrogen-bond acceptors (Lipinski definition) is 5. The standard InChI is InChI=1S/C18H15BrN2O2S2/c1-23-15-8-6-14(7-9-15)20-17(22)11-25-18-21-16(10-24-18)12-2-4-13(19)5-3-12/h2-10H,11H2,1H3,(H,20,22). The Labute approximate surface area is 162 Å². The zero-order valence-corrected chi connectivity index (χ0v) is 16.6. The highest BCUT2D eigenvalue weighted by Crippen LogP contribution is 2.29. The number of anilines is 1. The third kappa shape index (κ3) is 5.07. The molecule has 3 aromatic rings. The number of carbonyl (C=O) groups excluding carboxylic acids is 1. The summed E-state index contributed by atoms with van der Waals surface area (Å²) in [7, 11) is 1.61. The van der Waals surface area contributed by atoms with Crippen LogP contribution < -0.4 is 10.1 Å². The van der Waals surface area contributed by atoms with Crippen molar-refractivity contribution >= 4 is 50.6 Å². The molecule has 0 aliphatic rings. The van der Waals surface area contributed by atoms with E-state index in [1.165, 1.54) is 11.8 Å². The predicted molar refractivity (Wildman–Crippen MR) is 108 cm³/mol. The minimum absolute atomic E-state index is 0.0597. The van der Waals surface area contributed by atoms with Crippen LogP contribution in [0.1, 0.15) is 0 Å². The molecule has 0 aliphatic heterocycles. The summed E-state index contributed by atoms with van der Waals surface area (Å²) in [5, 5.41) is 4.87. The maximum absolute atomic E-state index is 12.1. The first kappa shape index (κ1) is 18.0. The molecule has 1 aromatic heterocycles. The van der Waals surface area contributed by atoms with Crippen molar-refractivity contribution in [2.45, 2.75) is 4.34 Å². The molecule has 7 heteroatoms. The van der Waals surface area contributed by atoms with E-state index in [0.29, 0.717) is 5.75 Å². The van der Waals surface area contributed by atoms with E-state index in [-0.39, 0.29) is 5.91 Å². The monoisotopic (exact) mass is 434 g/mol. The number of benzene rings is 2. The van der Waals surface area contributed by atoms with Gasteiger partial charge in [-0.3, -0.25) is 4.79 Å².